The highest BCUT2D eigenvalue weighted by Gasteiger charge is 2.47. The van der Waals surface area contributed by atoms with E-state index in [1.54, 1.807) is 0 Å². The van der Waals surface area contributed by atoms with Crippen molar-refractivity contribution in [3.8, 4) is 0 Å². The van der Waals surface area contributed by atoms with Gasteiger partial charge in [0, 0.05) is 6.61 Å². The Bertz CT molecular complexity index is 275. The SMILES string of the molecule is O=C(O)C1(OCCCO)CCCC(C2CC2)C1. The molecule has 2 N–H and O–H groups in total. The van der Waals surface area contributed by atoms with E-state index in [0.29, 0.717) is 31.8 Å². The summed E-state index contributed by atoms with van der Waals surface area (Å²) in [7, 11) is 0. The number of carboxylic acid groups (broad SMARTS) is 1. The maximum atomic E-state index is 11.5. The van der Waals surface area contributed by atoms with Crippen molar-refractivity contribution in [2.75, 3.05) is 13.2 Å². The number of aliphatic hydroxyl groups excluding tert-OH is 1. The van der Waals surface area contributed by atoms with Crippen molar-refractivity contribution in [3.05, 3.63) is 0 Å². The molecule has 2 aliphatic rings. The monoisotopic (exact) mass is 242 g/mol. The first-order chi connectivity index (χ1) is 8.18. The van der Waals surface area contributed by atoms with Crippen molar-refractivity contribution in [1.82, 2.24) is 0 Å². The molecule has 0 aromatic heterocycles. The van der Waals surface area contributed by atoms with Crippen molar-refractivity contribution >= 4 is 5.97 Å². The summed E-state index contributed by atoms with van der Waals surface area (Å²) in [6, 6.07) is 0. The average molecular weight is 242 g/mol. The first-order valence-electron chi connectivity index (χ1n) is 6.66. The van der Waals surface area contributed by atoms with Crippen molar-refractivity contribution in [2.24, 2.45) is 11.8 Å². The first kappa shape index (κ1) is 12.8. The van der Waals surface area contributed by atoms with Crippen LogP contribution in [0.1, 0.15) is 44.9 Å². The number of aliphatic carboxylic acids is 1. The van der Waals surface area contributed by atoms with Gasteiger partial charge in [-0.2, -0.15) is 0 Å². The van der Waals surface area contributed by atoms with Crippen LogP contribution in [0.2, 0.25) is 0 Å². The number of carboxylic acids is 1. The lowest BCUT2D eigenvalue weighted by molar-refractivity contribution is -0.174. The zero-order chi connectivity index (χ0) is 12.3. The highest BCUT2D eigenvalue weighted by molar-refractivity contribution is 5.77. The molecule has 0 radical (unpaired) electrons. The summed E-state index contributed by atoms with van der Waals surface area (Å²) in [4.78, 5) is 11.5. The van der Waals surface area contributed by atoms with Crippen LogP contribution in [-0.2, 0) is 9.53 Å². The second-order valence-electron chi connectivity index (χ2n) is 5.42. The molecule has 2 aliphatic carbocycles. The summed E-state index contributed by atoms with van der Waals surface area (Å²) in [6.07, 6.45) is 6.43. The van der Waals surface area contributed by atoms with Gasteiger partial charge >= 0.3 is 5.97 Å². The van der Waals surface area contributed by atoms with Crippen LogP contribution in [0.5, 0.6) is 0 Å². The number of hydrogen-bond donors (Lipinski definition) is 2. The quantitative estimate of drug-likeness (QED) is 0.697. The molecule has 0 heterocycles. The lowest BCUT2D eigenvalue weighted by atomic mass is 9.76. The Labute approximate surface area is 102 Å². The normalized spacial score (nSPS) is 33.6. The fourth-order valence-electron chi connectivity index (χ4n) is 2.97. The lowest BCUT2D eigenvalue weighted by Crippen LogP contribution is -2.46. The maximum absolute atomic E-state index is 11.5. The maximum Gasteiger partial charge on any atom is 0.335 e. The Morgan fingerprint density at radius 1 is 1.29 bits per heavy atom. The van der Waals surface area contributed by atoms with Crippen molar-refractivity contribution in [1.29, 1.82) is 0 Å². The zero-order valence-electron chi connectivity index (χ0n) is 10.2. The van der Waals surface area contributed by atoms with E-state index in [0.717, 1.165) is 18.8 Å². The van der Waals surface area contributed by atoms with E-state index in [1.165, 1.54) is 12.8 Å². The summed E-state index contributed by atoms with van der Waals surface area (Å²) in [5.41, 5.74) is -0.972. The highest BCUT2D eigenvalue weighted by atomic mass is 16.5. The van der Waals surface area contributed by atoms with Crippen LogP contribution in [0.15, 0.2) is 0 Å². The molecule has 0 spiro atoms. The third-order valence-corrected chi connectivity index (χ3v) is 4.11. The van der Waals surface area contributed by atoms with Crippen LogP contribution >= 0.6 is 0 Å². The van der Waals surface area contributed by atoms with E-state index in [9.17, 15) is 9.90 Å². The molecule has 4 heteroatoms. The molecule has 0 aromatic carbocycles. The number of hydrogen-bond acceptors (Lipinski definition) is 3. The first-order valence-corrected chi connectivity index (χ1v) is 6.66. The Morgan fingerprint density at radius 2 is 2.06 bits per heavy atom. The van der Waals surface area contributed by atoms with Gasteiger partial charge in [0.2, 0.25) is 0 Å². The van der Waals surface area contributed by atoms with Gasteiger partial charge in [0.05, 0.1) is 6.61 Å². The summed E-state index contributed by atoms with van der Waals surface area (Å²) >= 11 is 0. The predicted molar refractivity (Wildman–Crippen MR) is 62.7 cm³/mol. The van der Waals surface area contributed by atoms with E-state index in [2.05, 4.69) is 0 Å². The number of rotatable bonds is 6. The molecule has 0 bridgehead atoms. The molecule has 0 saturated heterocycles. The Morgan fingerprint density at radius 3 is 2.65 bits per heavy atom. The number of aliphatic hydroxyl groups is 1. The van der Waals surface area contributed by atoms with Crippen LogP contribution in [0, 0.1) is 11.8 Å². The fourth-order valence-corrected chi connectivity index (χ4v) is 2.97. The van der Waals surface area contributed by atoms with Gasteiger partial charge in [0.25, 0.3) is 0 Å². The van der Waals surface area contributed by atoms with Gasteiger partial charge in [-0.3, -0.25) is 0 Å². The van der Waals surface area contributed by atoms with Gasteiger partial charge in [-0.1, -0.05) is 0 Å². The molecular formula is C13H22O4. The molecule has 2 rings (SSSR count). The summed E-state index contributed by atoms with van der Waals surface area (Å²) in [6.45, 7) is 0.405. The van der Waals surface area contributed by atoms with E-state index in [-0.39, 0.29) is 6.61 Å². The van der Waals surface area contributed by atoms with Crippen LogP contribution in [0.25, 0.3) is 0 Å². The highest BCUT2D eigenvalue weighted by Crippen LogP contribution is 2.47. The molecule has 0 amide bonds. The van der Waals surface area contributed by atoms with Crippen molar-refractivity contribution < 1.29 is 19.7 Å². The second kappa shape index (κ2) is 5.36. The third kappa shape index (κ3) is 2.99. The smallest absolute Gasteiger partial charge is 0.335 e. The summed E-state index contributed by atoms with van der Waals surface area (Å²) in [5, 5.41) is 18.2. The molecule has 4 nitrogen and oxygen atoms in total. The van der Waals surface area contributed by atoms with E-state index < -0.39 is 11.6 Å². The minimum Gasteiger partial charge on any atom is -0.479 e. The van der Waals surface area contributed by atoms with E-state index in [1.807, 2.05) is 0 Å². The van der Waals surface area contributed by atoms with Crippen molar-refractivity contribution in [3.63, 3.8) is 0 Å². The largest absolute Gasteiger partial charge is 0.479 e. The molecule has 2 fully saturated rings. The zero-order valence-corrected chi connectivity index (χ0v) is 10.2. The molecule has 98 valence electrons. The van der Waals surface area contributed by atoms with Crippen LogP contribution in [0.4, 0.5) is 0 Å². The molecule has 2 atom stereocenters. The van der Waals surface area contributed by atoms with E-state index in [4.69, 9.17) is 9.84 Å². The van der Waals surface area contributed by atoms with Crippen LogP contribution in [0.3, 0.4) is 0 Å². The molecular weight excluding hydrogens is 220 g/mol. The minimum atomic E-state index is -0.972. The molecule has 0 aromatic rings. The van der Waals surface area contributed by atoms with Gasteiger partial charge in [-0.15, -0.1) is 0 Å². The molecule has 17 heavy (non-hydrogen) atoms. The summed E-state index contributed by atoms with van der Waals surface area (Å²) < 4.78 is 5.62. The number of ether oxygens (including phenoxy) is 1. The third-order valence-electron chi connectivity index (χ3n) is 4.11. The van der Waals surface area contributed by atoms with E-state index >= 15 is 0 Å². The Hall–Kier alpha value is -0.610. The van der Waals surface area contributed by atoms with Gasteiger partial charge in [0.15, 0.2) is 5.60 Å². The molecule has 0 aliphatic heterocycles. The van der Waals surface area contributed by atoms with Gasteiger partial charge < -0.3 is 14.9 Å². The standard InChI is InChI=1S/C13H22O4/c14-7-2-8-17-13(12(15)16)6-1-3-11(9-13)10-4-5-10/h10-11,14H,1-9H2,(H,15,16). The second-order valence-corrected chi connectivity index (χ2v) is 5.42. The predicted octanol–water partition coefficient (Wildman–Crippen LogP) is 1.81. The topological polar surface area (TPSA) is 66.8 Å². The van der Waals surface area contributed by atoms with Gasteiger partial charge in [-0.05, 0) is 56.8 Å². The van der Waals surface area contributed by atoms with Crippen LogP contribution in [-0.4, -0.2) is 35.0 Å². The average Bonchev–Trinajstić information content (AvgIpc) is 3.13. The summed E-state index contributed by atoms with van der Waals surface area (Å²) in [5.74, 6) is 0.463. The molecule has 2 saturated carbocycles. The van der Waals surface area contributed by atoms with Crippen LogP contribution < -0.4 is 0 Å². The molecule has 2 unspecified atom stereocenters. The lowest BCUT2D eigenvalue weighted by Gasteiger charge is -2.37. The van der Waals surface area contributed by atoms with Gasteiger partial charge in [0.1, 0.15) is 0 Å². The van der Waals surface area contributed by atoms with Gasteiger partial charge in [-0.25, -0.2) is 4.79 Å². The number of carbonyl (C=O) groups is 1. The fraction of sp³-hybridized carbons (Fsp3) is 0.923. The Kier molecular flexibility index (Phi) is 4.05. The Balaban J connectivity index is 1.96. The minimum absolute atomic E-state index is 0.0573. The van der Waals surface area contributed by atoms with Crippen molar-refractivity contribution in [2.45, 2.75) is 50.5 Å².